The van der Waals surface area contributed by atoms with Crippen molar-refractivity contribution in [2.75, 3.05) is 19.0 Å². The van der Waals surface area contributed by atoms with Crippen LogP contribution in [0.3, 0.4) is 0 Å². The summed E-state index contributed by atoms with van der Waals surface area (Å²) in [7, 11) is 3.54. The van der Waals surface area contributed by atoms with Crippen LogP contribution in [0, 0.1) is 20.8 Å². The van der Waals surface area contributed by atoms with Gasteiger partial charge in [0.2, 0.25) is 5.91 Å². The number of hydrogen-bond donors (Lipinski definition) is 1. The van der Waals surface area contributed by atoms with Gasteiger partial charge in [0.25, 0.3) is 5.91 Å². The summed E-state index contributed by atoms with van der Waals surface area (Å²) in [6, 6.07) is 19.4. The normalized spacial score (nSPS) is 14.9. The SMILES string of the molecule is COc1ccc(C2c3c(n(C)c4ccccc34)C(=O)N2CC(=O)Nc2c(C)cc(C)cc2C)cc1. The summed E-state index contributed by atoms with van der Waals surface area (Å²) >= 11 is 0. The van der Waals surface area contributed by atoms with E-state index in [4.69, 9.17) is 4.74 Å². The number of para-hydroxylation sites is 1. The Bertz CT molecular complexity index is 1440. The third kappa shape index (κ3) is 3.75. The molecular weight excluding hydrogens is 438 g/mol. The fourth-order valence-corrected chi connectivity index (χ4v) is 5.37. The molecule has 1 N–H and O–H groups in total. The number of carbonyl (C=O) groups is 2. The Hall–Kier alpha value is -4.06. The molecule has 6 heteroatoms. The van der Waals surface area contributed by atoms with E-state index >= 15 is 0 Å². The van der Waals surface area contributed by atoms with Gasteiger partial charge in [-0.25, -0.2) is 0 Å². The van der Waals surface area contributed by atoms with Crippen LogP contribution < -0.4 is 10.1 Å². The second-order valence-corrected chi connectivity index (χ2v) is 9.27. The quantitative estimate of drug-likeness (QED) is 0.433. The number of methoxy groups -OCH3 is 1. The minimum atomic E-state index is -0.375. The molecule has 0 fully saturated rings. The van der Waals surface area contributed by atoms with Crippen molar-refractivity contribution < 1.29 is 14.3 Å². The molecule has 1 atom stereocenters. The number of amides is 2. The number of hydrogen-bond acceptors (Lipinski definition) is 3. The molecule has 3 aromatic carbocycles. The van der Waals surface area contributed by atoms with Crippen LogP contribution in [0.5, 0.6) is 5.75 Å². The van der Waals surface area contributed by atoms with Gasteiger partial charge in [-0.1, -0.05) is 48.0 Å². The lowest BCUT2D eigenvalue weighted by Gasteiger charge is -2.26. The Morgan fingerprint density at radius 3 is 2.31 bits per heavy atom. The maximum atomic E-state index is 13.8. The van der Waals surface area contributed by atoms with Crippen molar-refractivity contribution in [3.63, 3.8) is 0 Å². The number of ether oxygens (including phenoxy) is 1. The number of nitrogens with zero attached hydrogens (tertiary/aromatic N) is 2. The molecule has 0 radical (unpaired) electrons. The van der Waals surface area contributed by atoms with Crippen molar-refractivity contribution in [2.24, 2.45) is 7.05 Å². The van der Waals surface area contributed by atoms with Gasteiger partial charge in [-0.2, -0.15) is 0 Å². The molecule has 1 aliphatic rings. The molecule has 1 aromatic heterocycles. The third-order valence-electron chi connectivity index (χ3n) is 6.88. The number of fused-ring (bicyclic) bond motifs is 3. The zero-order valence-corrected chi connectivity index (χ0v) is 20.7. The number of rotatable bonds is 5. The van der Waals surface area contributed by atoms with E-state index in [-0.39, 0.29) is 24.4 Å². The van der Waals surface area contributed by atoms with Gasteiger partial charge in [0, 0.05) is 29.2 Å². The van der Waals surface area contributed by atoms with E-state index in [0.29, 0.717) is 5.69 Å². The number of nitrogens with one attached hydrogen (secondary N) is 1. The predicted octanol–water partition coefficient (Wildman–Crippen LogP) is 5.30. The van der Waals surface area contributed by atoms with Crippen LogP contribution in [0.15, 0.2) is 60.7 Å². The van der Waals surface area contributed by atoms with Crippen LogP contribution in [-0.2, 0) is 11.8 Å². The Labute approximate surface area is 205 Å². The number of aryl methyl sites for hydroxylation is 4. The number of anilines is 1. The van der Waals surface area contributed by atoms with Crippen molar-refractivity contribution in [1.29, 1.82) is 0 Å². The van der Waals surface area contributed by atoms with Crippen LogP contribution in [0.2, 0.25) is 0 Å². The first-order valence-corrected chi connectivity index (χ1v) is 11.7. The lowest BCUT2D eigenvalue weighted by atomic mass is 9.98. The highest BCUT2D eigenvalue weighted by molar-refractivity contribution is 6.08. The second-order valence-electron chi connectivity index (χ2n) is 9.27. The number of aromatic nitrogens is 1. The lowest BCUT2D eigenvalue weighted by molar-refractivity contribution is -0.117. The van der Waals surface area contributed by atoms with Crippen LogP contribution >= 0.6 is 0 Å². The maximum Gasteiger partial charge on any atom is 0.272 e. The first kappa shape index (κ1) is 22.7. The van der Waals surface area contributed by atoms with Gasteiger partial charge in [0.05, 0.1) is 13.2 Å². The highest BCUT2D eigenvalue weighted by Gasteiger charge is 2.42. The van der Waals surface area contributed by atoms with Crippen LogP contribution in [0.4, 0.5) is 5.69 Å². The summed E-state index contributed by atoms with van der Waals surface area (Å²) in [4.78, 5) is 28.7. The largest absolute Gasteiger partial charge is 0.497 e. The second kappa shape index (κ2) is 8.62. The summed E-state index contributed by atoms with van der Waals surface area (Å²) in [5, 5.41) is 4.08. The summed E-state index contributed by atoms with van der Waals surface area (Å²) < 4.78 is 7.28. The monoisotopic (exact) mass is 467 g/mol. The van der Waals surface area contributed by atoms with Gasteiger partial charge in [-0.3, -0.25) is 9.59 Å². The predicted molar refractivity (Wildman–Crippen MR) is 138 cm³/mol. The first-order valence-electron chi connectivity index (χ1n) is 11.7. The fourth-order valence-electron chi connectivity index (χ4n) is 5.37. The molecule has 0 spiro atoms. The molecule has 0 aliphatic carbocycles. The summed E-state index contributed by atoms with van der Waals surface area (Å²) in [5.74, 6) is 0.377. The Morgan fingerprint density at radius 2 is 1.66 bits per heavy atom. The molecule has 1 unspecified atom stereocenters. The Morgan fingerprint density at radius 1 is 1.00 bits per heavy atom. The Balaban J connectivity index is 1.55. The van der Waals surface area contributed by atoms with Gasteiger partial charge < -0.3 is 19.5 Å². The van der Waals surface area contributed by atoms with Crippen molar-refractivity contribution in [3.05, 3.63) is 94.2 Å². The fraction of sp³-hybridized carbons (Fsp3) is 0.241. The van der Waals surface area contributed by atoms with E-state index in [9.17, 15) is 9.59 Å². The molecule has 4 aromatic rings. The zero-order chi connectivity index (χ0) is 24.9. The lowest BCUT2D eigenvalue weighted by Crippen LogP contribution is -2.37. The minimum absolute atomic E-state index is 0.0503. The third-order valence-corrected chi connectivity index (χ3v) is 6.88. The van der Waals surface area contributed by atoms with Crippen LogP contribution in [0.25, 0.3) is 10.9 Å². The molecule has 1 aliphatic heterocycles. The molecule has 6 nitrogen and oxygen atoms in total. The summed E-state index contributed by atoms with van der Waals surface area (Å²) in [6.45, 7) is 5.96. The van der Waals surface area contributed by atoms with Crippen molar-refractivity contribution in [1.82, 2.24) is 9.47 Å². The maximum absolute atomic E-state index is 13.8. The van der Waals surface area contributed by atoms with E-state index < -0.39 is 0 Å². The molecule has 0 saturated heterocycles. The number of benzene rings is 3. The molecular formula is C29H29N3O3. The van der Waals surface area contributed by atoms with Gasteiger partial charge in [0.1, 0.15) is 18.0 Å². The molecule has 0 saturated carbocycles. The summed E-state index contributed by atoms with van der Waals surface area (Å²) in [6.07, 6.45) is 0. The van der Waals surface area contributed by atoms with E-state index in [1.165, 1.54) is 0 Å². The van der Waals surface area contributed by atoms with Crippen LogP contribution in [0.1, 0.15) is 44.3 Å². The van der Waals surface area contributed by atoms with E-state index in [1.807, 2.05) is 93.0 Å². The average Bonchev–Trinajstić information content (AvgIpc) is 3.29. The van der Waals surface area contributed by atoms with Crippen molar-refractivity contribution >= 4 is 28.4 Å². The molecule has 35 heavy (non-hydrogen) atoms. The molecule has 0 bridgehead atoms. The molecule has 2 heterocycles. The summed E-state index contributed by atoms with van der Waals surface area (Å²) in [5.41, 5.74) is 7.46. The van der Waals surface area contributed by atoms with E-state index in [2.05, 4.69) is 5.32 Å². The van der Waals surface area contributed by atoms with E-state index in [1.54, 1.807) is 12.0 Å². The van der Waals surface area contributed by atoms with Gasteiger partial charge in [-0.05, 0) is 55.7 Å². The van der Waals surface area contributed by atoms with Gasteiger partial charge >= 0.3 is 0 Å². The first-order chi connectivity index (χ1) is 16.8. The average molecular weight is 468 g/mol. The Kier molecular flexibility index (Phi) is 5.59. The van der Waals surface area contributed by atoms with Crippen LogP contribution in [-0.4, -0.2) is 34.9 Å². The highest BCUT2D eigenvalue weighted by atomic mass is 16.5. The molecule has 5 rings (SSSR count). The highest BCUT2D eigenvalue weighted by Crippen LogP contribution is 2.44. The number of carbonyl (C=O) groups excluding carboxylic acids is 2. The topological polar surface area (TPSA) is 63.6 Å². The standard InChI is InChI=1S/C29H29N3O3/c1-17-14-18(2)26(19(3)15-17)30-24(33)16-32-27(20-10-12-21(35-5)13-11-20)25-22-8-6-7-9-23(22)31(4)28(25)29(32)34/h6-15,27H,16H2,1-5H3,(H,30,33). The molecule has 2 amide bonds. The van der Waals surface area contributed by atoms with Crippen molar-refractivity contribution in [3.8, 4) is 5.75 Å². The van der Waals surface area contributed by atoms with Gasteiger partial charge in [0.15, 0.2) is 0 Å². The zero-order valence-electron chi connectivity index (χ0n) is 20.7. The van der Waals surface area contributed by atoms with E-state index in [0.717, 1.165) is 50.2 Å². The minimum Gasteiger partial charge on any atom is -0.497 e. The smallest absolute Gasteiger partial charge is 0.272 e. The van der Waals surface area contributed by atoms with Gasteiger partial charge in [-0.15, -0.1) is 0 Å². The van der Waals surface area contributed by atoms with Crippen molar-refractivity contribution in [2.45, 2.75) is 26.8 Å². The molecule has 178 valence electrons.